The molecular formula is C29H35N3O5S. The first kappa shape index (κ1) is 28.7. The number of hydrogen-bond acceptors (Lipinski definition) is 5. The highest BCUT2D eigenvalue weighted by Gasteiger charge is 2.33. The van der Waals surface area contributed by atoms with E-state index in [-0.39, 0.29) is 18.9 Å². The second-order valence-electron chi connectivity index (χ2n) is 9.25. The van der Waals surface area contributed by atoms with E-state index in [1.54, 1.807) is 31.4 Å². The van der Waals surface area contributed by atoms with Crippen molar-refractivity contribution in [1.82, 2.24) is 10.2 Å². The number of aryl methyl sites for hydroxylation is 2. The number of amides is 2. The predicted octanol–water partition coefficient (Wildman–Crippen LogP) is 3.46. The van der Waals surface area contributed by atoms with Crippen LogP contribution in [0.1, 0.15) is 22.3 Å². The third kappa shape index (κ3) is 7.35. The van der Waals surface area contributed by atoms with Crippen LogP contribution in [0.15, 0.2) is 72.8 Å². The lowest BCUT2D eigenvalue weighted by Crippen LogP contribution is -2.53. The third-order valence-corrected chi connectivity index (χ3v) is 7.43. The van der Waals surface area contributed by atoms with Crippen LogP contribution in [0.25, 0.3) is 0 Å². The smallest absolute Gasteiger partial charge is 0.244 e. The molecule has 3 aromatic carbocycles. The van der Waals surface area contributed by atoms with Crippen molar-refractivity contribution in [3.05, 3.63) is 95.1 Å². The number of ether oxygens (including phenoxy) is 1. The van der Waals surface area contributed by atoms with Crippen molar-refractivity contribution in [3.63, 3.8) is 0 Å². The molecule has 0 aromatic heterocycles. The molecule has 0 aliphatic carbocycles. The molecule has 202 valence electrons. The number of benzene rings is 3. The molecule has 2 amide bonds. The van der Waals surface area contributed by atoms with Gasteiger partial charge in [0, 0.05) is 20.0 Å². The van der Waals surface area contributed by atoms with E-state index >= 15 is 0 Å². The number of hydrogen-bond donors (Lipinski definition) is 1. The Hall–Kier alpha value is -3.85. The van der Waals surface area contributed by atoms with Crippen LogP contribution in [0.5, 0.6) is 5.75 Å². The van der Waals surface area contributed by atoms with Gasteiger partial charge < -0.3 is 15.0 Å². The minimum Gasteiger partial charge on any atom is -0.497 e. The lowest BCUT2D eigenvalue weighted by molar-refractivity contribution is -0.139. The Kier molecular flexibility index (Phi) is 9.52. The molecular weight excluding hydrogens is 502 g/mol. The zero-order valence-electron chi connectivity index (χ0n) is 22.5. The first-order valence-corrected chi connectivity index (χ1v) is 14.1. The van der Waals surface area contributed by atoms with Gasteiger partial charge in [-0.15, -0.1) is 0 Å². The third-order valence-electron chi connectivity index (χ3n) is 6.30. The number of sulfonamides is 1. The summed E-state index contributed by atoms with van der Waals surface area (Å²) in [7, 11) is -0.735. The van der Waals surface area contributed by atoms with E-state index < -0.39 is 28.5 Å². The molecule has 3 rings (SSSR count). The molecule has 0 aliphatic heterocycles. The van der Waals surface area contributed by atoms with Crippen LogP contribution in [-0.4, -0.2) is 58.1 Å². The summed E-state index contributed by atoms with van der Waals surface area (Å²) in [6.07, 6.45) is 1.34. The largest absolute Gasteiger partial charge is 0.497 e. The van der Waals surface area contributed by atoms with E-state index in [0.717, 1.165) is 32.8 Å². The molecule has 8 nitrogen and oxygen atoms in total. The van der Waals surface area contributed by atoms with Crippen molar-refractivity contribution < 1.29 is 22.7 Å². The number of nitrogens with zero attached hydrogens (tertiary/aromatic N) is 2. The Morgan fingerprint density at radius 2 is 1.63 bits per heavy atom. The van der Waals surface area contributed by atoms with E-state index in [4.69, 9.17) is 4.74 Å². The van der Waals surface area contributed by atoms with Crippen LogP contribution in [0.3, 0.4) is 0 Å². The zero-order chi connectivity index (χ0) is 27.9. The summed E-state index contributed by atoms with van der Waals surface area (Å²) in [5, 5.41) is 2.67. The molecule has 0 saturated carbocycles. The molecule has 0 saturated heterocycles. The molecule has 1 N–H and O–H groups in total. The highest BCUT2D eigenvalue weighted by atomic mass is 32.2. The summed E-state index contributed by atoms with van der Waals surface area (Å²) in [5.74, 6) is -0.229. The van der Waals surface area contributed by atoms with Gasteiger partial charge in [0.2, 0.25) is 21.8 Å². The number of nitrogens with one attached hydrogen (secondary N) is 1. The van der Waals surface area contributed by atoms with Gasteiger partial charge in [-0.3, -0.25) is 13.9 Å². The van der Waals surface area contributed by atoms with Gasteiger partial charge in [-0.1, -0.05) is 60.2 Å². The van der Waals surface area contributed by atoms with Gasteiger partial charge >= 0.3 is 0 Å². The maximum Gasteiger partial charge on any atom is 0.244 e. The lowest BCUT2D eigenvalue weighted by Gasteiger charge is -2.33. The summed E-state index contributed by atoms with van der Waals surface area (Å²) >= 11 is 0. The first-order valence-electron chi connectivity index (χ1n) is 12.3. The number of likely N-dealkylation sites (N-methyl/N-ethyl adjacent to an activating group) is 1. The monoisotopic (exact) mass is 537 g/mol. The van der Waals surface area contributed by atoms with E-state index in [1.165, 1.54) is 11.9 Å². The fourth-order valence-corrected chi connectivity index (χ4v) is 5.28. The molecule has 0 radical (unpaired) electrons. The fraction of sp³-hybridized carbons (Fsp3) is 0.310. The van der Waals surface area contributed by atoms with Gasteiger partial charge in [-0.2, -0.15) is 0 Å². The van der Waals surface area contributed by atoms with Crippen molar-refractivity contribution in [3.8, 4) is 5.75 Å². The SMILES string of the molecule is CNC(=O)[C@@H](Cc1ccccc1)N(Cc1cccc(OC)c1)C(=O)CN(c1ccc(C)cc1C)S(C)(=O)=O. The minimum absolute atomic E-state index is 0.0887. The molecule has 9 heteroatoms. The summed E-state index contributed by atoms with van der Waals surface area (Å²) in [6.45, 7) is 3.36. The van der Waals surface area contributed by atoms with Crippen LogP contribution in [0.2, 0.25) is 0 Å². The van der Waals surface area contributed by atoms with Crippen molar-refractivity contribution in [2.24, 2.45) is 0 Å². The van der Waals surface area contributed by atoms with Crippen LogP contribution in [0.4, 0.5) is 5.69 Å². The topological polar surface area (TPSA) is 96.0 Å². The number of anilines is 1. The standard InChI is InChI=1S/C29H35N3O5S/c1-21-14-15-26(22(2)16-21)32(38(5,35)36)20-28(33)31(19-24-12-9-13-25(17-24)37-4)27(29(34)30-3)18-23-10-7-6-8-11-23/h6-17,27H,18-20H2,1-5H3,(H,30,34)/t27-/m1/s1. The molecule has 3 aromatic rings. The normalized spacial score (nSPS) is 11.9. The van der Waals surface area contributed by atoms with Crippen molar-refractivity contribution in [2.75, 3.05) is 31.3 Å². The van der Waals surface area contributed by atoms with Crippen molar-refractivity contribution in [1.29, 1.82) is 0 Å². The Labute approximate surface area is 225 Å². The van der Waals surface area contributed by atoms with Gasteiger partial charge in [0.25, 0.3) is 0 Å². The van der Waals surface area contributed by atoms with E-state index in [0.29, 0.717) is 11.4 Å². The van der Waals surface area contributed by atoms with Crippen LogP contribution in [0, 0.1) is 13.8 Å². The molecule has 0 fully saturated rings. The zero-order valence-corrected chi connectivity index (χ0v) is 23.3. The van der Waals surface area contributed by atoms with Crippen LogP contribution in [-0.2, 0) is 32.6 Å². The molecule has 0 aliphatic rings. The summed E-state index contributed by atoms with van der Waals surface area (Å²) < 4.78 is 32.2. The Balaban J connectivity index is 2.05. The van der Waals surface area contributed by atoms with Crippen LogP contribution >= 0.6 is 0 Å². The van der Waals surface area contributed by atoms with Crippen molar-refractivity contribution >= 4 is 27.5 Å². The molecule has 0 unspecified atom stereocenters. The van der Waals surface area contributed by atoms with Gasteiger partial charge in [-0.25, -0.2) is 8.42 Å². The highest BCUT2D eigenvalue weighted by molar-refractivity contribution is 7.92. The first-order chi connectivity index (χ1) is 18.0. The fourth-order valence-electron chi connectivity index (χ4n) is 4.37. The lowest BCUT2D eigenvalue weighted by atomic mass is 10.0. The average molecular weight is 538 g/mol. The summed E-state index contributed by atoms with van der Waals surface area (Å²) in [6, 6.07) is 21.1. The van der Waals surface area contributed by atoms with E-state index in [9.17, 15) is 18.0 Å². The second kappa shape index (κ2) is 12.6. The maximum absolute atomic E-state index is 14.0. The summed E-state index contributed by atoms with van der Waals surface area (Å²) in [4.78, 5) is 28.6. The average Bonchev–Trinajstić information content (AvgIpc) is 2.89. The molecule has 38 heavy (non-hydrogen) atoms. The maximum atomic E-state index is 14.0. The predicted molar refractivity (Wildman–Crippen MR) is 150 cm³/mol. The van der Waals surface area contributed by atoms with Crippen LogP contribution < -0.4 is 14.4 Å². The van der Waals surface area contributed by atoms with Gasteiger partial charge in [-0.05, 0) is 48.7 Å². The van der Waals surface area contributed by atoms with Gasteiger partial charge in [0.15, 0.2) is 0 Å². The molecule has 0 bridgehead atoms. The van der Waals surface area contributed by atoms with Gasteiger partial charge in [0.1, 0.15) is 18.3 Å². The number of carbonyl (C=O) groups is 2. The number of methoxy groups -OCH3 is 1. The van der Waals surface area contributed by atoms with E-state index in [1.807, 2.05) is 62.4 Å². The quantitative estimate of drug-likeness (QED) is 0.404. The van der Waals surface area contributed by atoms with Gasteiger partial charge in [0.05, 0.1) is 19.1 Å². The Morgan fingerprint density at radius 3 is 2.24 bits per heavy atom. The molecule has 1 atom stereocenters. The summed E-state index contributed by atoms with van der Waals surface area (Å²) in [5.41, 5.74) is 3.76. The Bertz CT molecular complexity index is 1380. The molecule has 0 heterocycles. The second-order valence-corrected chi connectivity index (χ2v) is 11.2. The van der Waals surface area contributed by atoms with E-state index in [2.05, 4.69) is 5.32 Å². The highest BCUT2D eigenvalue weighted by Crippen LogP contribution is 2.25. The Morgan fingerprint density at radius 1 is 0.947 bits per heavy atom. The number of carbonyl (C=O) groups excluding carboxylic acids is 2. The minimum atomic E-state index is -3.81. The molecule has 0 spiro atoms. The van der Waals surface area contributed by atoms with Crippen molar-refractivity contribution in [2.45, 2.75) is 32.9 Å². The number of rotatable bonds is 11.